The van der Waals surface area contributed by atoms with Gasteiger partial charge in [-0.2, -0.15) is 0 Å². The summed E-state index contributed by atoms with van der Waals surface area (Å²) >= 11 is 0. The largest absolute Gasteiger partial charge is 0.392 e. The lowest BCUT2D eigenvalue weighted by atomic mass is 10.1. The van der Waals surface area contributed by atoms with Gasteiger partial charge >= 0.3 is 0 Å². The van der Waals surface area contributed by atoms with Crippen molar-refractivity contribution in [1.29, 1.82) is 0 Å². The molecule has 1 N–H and O–H groups in total. The Labute approximate surface area is 71.5 Å². The van der Waals surface area contributed by atoms with E-state index in [1.54, 1.807) is 18.5 Å². The third-order valence-corrected chi connectivity index (χ3v) is 2.18. The minimum absolute atomic E-state index is 0.229. The van der Waals surface area contributed by atoms with Gasteiger partial charge in [-0.1, -0.05) is 0 Å². The van der Waals surface area contributed by atoms with Gasteiger partial charge in [0.1, 0.15) is 5.82 Å². The minimum Gasteiger partial charge on any atom is -0.392 e. The van der Waals surface area contributed by atoms with Crippen molar-refractivity contribution < 1.29 is 5.11 Å². The summed E-state index contributed by atoms with van der Waals surface area (Å²) in [5.41, 5.74) is 0. The molecule has 12 heavy (non-hydrogen) atoms. The zero-order valence-corrected chi connectivity index (χ0v) is 6.85. The maximum absolute atomic E-state index is 9.56. The second-order valence-electron chi connectivity index (χ2n) is 3.27. The Hall–Kier alpha value is -0.960. The fourth-order valence-electron chi connectivity index (χ4n) is 1.27. The lowest BCUT2D eigenvalue weighted by molar-refractivity contribution is 0.149. The molecule has 1 saturated carbocycles. The van der Waals surface area contributed by atoms with Gasteiger partial charge in [0.05, 0.1) is 6.10 Å². The van der Waals surface area contributed by atoms with Crippen LogP contribution in [-0.2, 0) is 6.42 Å². The van der Waals surface area contributed by atoms with Crippen LogP contribution in [0.1, 0.15) is 18.7 Å². The van der Waals surface area contributed by atoms with Crippen LogP contribution in [-0.4, -0.2) is 21.2 Å². The standard InChI is InChI=1S/C9H12N2O/c12-8(7-2-3-7)6-9-10-4-1-5-11-9/h1,4-5,7-8,12H,2-3,6H2. The van der Waals surface area contributed by atoms with Gasteiger partial charge in [0.2, 0.25) is 0 Å². The van der Waals surface area contributed by atoms with E-state index in [2.05, 4.69) is 9.97 Å². The molecule has 3 heteroatoms. The smallest absolute Gasteiger partial charge is 0.130 e. The predicted molar refractivity (Wildman–Crippen MR) is 44.5 cm³/mol. The first-order chi connectivity index (χ1) is 5.86. The van der Waals surface area contributed by atoms with Crippen LogP contribution in [0.4, 0.5) is 0 Å². The van der Waals surface area contributed by atoms with Gasteiger partial charge in [-0.3, -0.25) is 0 Å². The van der Waals surface area contributed by atoms with Gasteiger partial charge in [-0.05, 0) is 24.8 Å². The zero-order valence-electron chi connectivity index (χ0n) is 6.85. The Bertz CT molecular complexity index is 246. The van der Waals surface area contributed by atoms with Crippen LogP contribution in [0.2, 0.25) is 0 Å². The summed E-state index contributed by atoms with van der Waals surface area (Å²) < 4.78 is 0. The monoisotopic (exact) mass is 164 g/mol. The Kier molecular flexibility index (Phi) is 2.04. The van der Waals surface area contributed by atoms with E-state index in [-0.39, 0.29) is 6.10 Å². The third kappa shape index (κ3) is 1.80. The van der Waals surface area contributed by atoms with Crippen molar-refractivity contribution in [1.82, 2.24) is 9.97 Å². The molecule has 2 rings (SSSR count). The van der Waals surface area contributed by atoms with Crippen LogP contribution in [0.15, 0.2) is 18.5 Å². The number of rotatable bonds is 3. The van der Waals surface area contributed by atoms with E-state index in [0.717, 1.165) is 18.7 Å². The Morgan fingerprint density at radius 2 is 2.08 bits per heavy atom. The number of hydrogen-bond acceptors (Lipinski definition) is 3. The molecule has 1 unspecified atom stereocenters. The summed E-state index contributed by atoms with van der Waals surface area (Å²) in [6.07, 6.45) is 6.12. The second-order valence-corrected chi connectivity index (χ2v) is 3.27. The maximum Gasteiger partial charge on any atom is 0.130 e. The van der Waals surface area contributed by atoms with E-state index in [0.29, 0.717) is 12.3 Å². The molecule has 1 aromatic heterocycles. The molecule has 0 aromatic carbocycles. The molecule has 1 aromatic rings. The van der Waals surface area contributed by atoms with Crippen molar-refractivity contribution in [3.63, 3.8) is 0 Å². The van der Waals surface area contributed by atoms with Crippen molar-refractivity contribution in [2.24, 2.45) is 5.92 Å². The molecule has 1 fully saturated rings. The Balaban J connectivity index is 1.94. The van der Waals surface area contributed by atoms with E-state index in [1.165, 1.54) is 0 Å². The molecule has 64 valence electrons. The van der Waals surface area contributed by atoms with Crippen molar-refractivity contribution in [2.75, 3.05) is 0 Å². The first-order valence-electron chi connectivity index (χ1n) is 4.30. The Morgan fingerprint density at radius 1 is 1.42 bits per heavy atom. The molecule has 0 bridgehead atoms. The van der Waals surface area contributed by atoms with Crippen LogP contribution >= 0.6 is 0 Å². The number of aliphatic hydroxyl groups is 1. The molecular weight excluding hydrogens is 152 g/mol. The van der Waals surface area contributed by atoms with Gasteiger partial charge in [0.25, 0.3) is 0 Å². The normalized spacial score (nSPS) is 19.1. The molecule has 1 heterocycles. The average Bonchev–Trinajstić information content (AvgIpc) is 2.88. The predicted octanol–water partition coefficient (Wildman–Crippen LogP) is 0.790. The van der Waals surface area contributed by atoms with Gasteiger partial charge in [-0.15, -0.1) is 0 Å². The molecule has 1 aliphatic rings. The first kappa shape index (κ1) is 7.68. The Morgan fingerprint density at radius 3 is 2.67 bits per heavy atom. The molecule has 1 atom stereocenters. The summed E-state index contributed by atoms with van der Waals surface area (Å²) in [5, 5.41) is 9.56. The fraction of sp³-hybridized carbons (Fsp3) is 0.556. The van der Waals surface area contributed by atoms with Crippen LogP contribution in [0.25, 0.3) is 0 Å². The molecule has 0 aliphatic heterocycles. The van der Waals surface area contributed by atoms with Gasteiger partial charge in [-0.25, -0.2) is 9.97 Å². The maximum atomic E-state index is 9.56. The molecule has 0 spiro atoms. The highest BCUT2D eigenvalue weighted by atomic mass is 16.3. The fourth-order valence-corrected chi connectivity index (χ4v) is 1.27. The average molecular weight is 164 g/mol. The molecule has 0 saturated heterocycles. The van der Waals surface area contributed by atoms with Crippen LogP contribution in [0.3, 0.4) is 0 Å². The van der Waals surface area contributed by atoms with Gasteiger partial charge in [0.15, 0.2) is 0 Å². The lowest BCUT2D eigenvalue weighted by Gasteiger charge is -2.06. The van der Waals surface area contributed by atoms with Crippen LogP contribution in [0.5, 0.6) is 0 Å². The van der Waals surface area contributed by atoms with Gasteiger partial charge < -0.3 is 5.11 Å². The van der Waals surface area contributed by atoms with Crippen molar-refractivity contribution in [3.8, 4) is 0 Å². The molecule has 1 aliphatic carbocycles. The number of nitrogens with zero attached hydrogens (tertiary/aromatic N) is 2. The van der Waals surface area contributed by atoms with Gasteiger partial charge in [0, 0.05) is 18.8 Å². The van der Waals surface area contributed by atoms with Crippen molar-refractivity contribution in [2.45, 2.75) is 25.4 Å². The lowest BCUT2D eigenvalue weighted by Crippen LogP contribution is -2.14. The quantitative estimate of drug-likeness (QED) is 0.718. The highest BCUT2D eigenvalue weighted by Crippen LogP contribution is 2.33. The highest BCUT2D eigenvalue weighted by Gasteiger charge is 2.29. The SMILES string of the molecule is OC(Cc1ncccn1)C1CC1. The summed E-state index contributed by atoms with van der Waals surface area (Å²) in [6.45, 7) is 0. The molecule has 3 nitrogen and oxygen atoms in total. The number of aromatic nitrogens is 2. The molecule has 0 amide bonds. The second kappa shape index (κ2) is 3.19. The van der Waals surface area contributed by atoms with Crippen LogP contribution < -0.4 is 0 Å². The summed E-state index contributed by atoms with van der Waals surface area (Å²) in [7, 11) is 0. The van der Waals surface area contributed by atoms with E-state index < -0.39 is 0 Å². The first-order valence-corrected chi connectivity index (χ1v) is 4.30. The zero-order chi connectivity index (χ0) is 8.39. The van der Waals surface area contributed by atoms with Crippen LogP contribution in [0, 0.1) is 5.92 Å². The van der Waals surface area contributed by atoms with Crippen molar-refractivity contribution >= 4 is 0 Å². The van der Waals surface area contributed by atoms with E-state index in [4.69, 9.17) is 0 Å². The van der Waals surface area contributed by atoms with Crippen molar-refractivity contribution in [3.05, 3.63) is 24.3 Å². The topological polar surface area (TPSA) is 46.0 Å². The van der Waals surface area contributed by atoms with E-state index in [1.807, 2.05) is 0 Å². The highest BCUT2D eigenvalue weighted by molar-refractivity contribution is 4.93. The summed E-state index contributed by atoms with van der Waals surface area (Å²) in [6, 6.07) is 1.78. The number of hydrogen-bond donors (Lipinski definition) is 1. The summed E-state index contributed by atoms with van der Waals surface area (Å²) in [5.74, 6) is 1.26. The minimum atomic E-state index is -0.229. The molecule has 0 radical (unpaired) electrons. The number of aliphatic hydroxyl groups excluding tert-OH is 1. The van der Waals surface area contributed by atoms with E-state index >= 15 is 0 Å². The van der Waals surface area contributed by atoms with E-state index in [9.17, 15) is 5.11 Å². The third-order valence-electron chi connectivity index (χ3n) is 2.18. The summed E-state index contributed by atoms with van der Waals surface area (Å²) in [4.78, 5) is 8.12. The molecular formula is C9H12N2O.